The third-order valence-electron chi connectivity index (χ3n) is 4.05. The van der Waals surface area contributed by atoms with E-state index in [1.165, 1.54) is 0 Å². The Balaban J connectivity index is 2.25. The van der Waals surface area contributed by atoms with Crippen LogP contribution in [0.5, 0.6) is 0 Å². The molecule has 0 aliphatic carbocycles. The van der Waals surface area contributed by atoms with Crippen molar-refractivity contribution in [2.24, 2.45) is 11.1 Å². The van der Waals surface area contributed by atoms with E-state index in [1.807, 2.05) is 19.1 Å². The third-order valence-corrected chi connectivity index (χ3v) is 4.41. The van der Waals surface area contributed by atoms with Gasteiger partial charge in [-0.25, -0.2) is 0 Å². The summed E-state index contributed by atoms with van der Waals surface area (Å²) in [5.41, 5.74) is 7.26. The maximum Gasteiger partial charge on any atom is 0.225 e. The molecule has 1 unspecified atom stereocenters. The Kier molecular flexibility index (Phi) is 4.55. The maximum absolute atomic E-state index is 11.6. The smallest absolute Gasteiger partial charge is 0.225 e. The van der Waals surface area contributed by atoms with E-state index in [9.17, 15) is 4.79 Å². The number of benzene rings is 1. The van der Waals surface area contributed by atoms with E-state index in [1.54, 1.807) is 0 Å². The Labute approximate surface area is 125 Å². The molecule has 1 aromatic carbocycles. The first kappa shape index (κ1) is 15.1. The quantitative estimate of drug-likeness (QED) is 0.875. The first-order chi connectivity index (χ1) is 9.48. The lowest BCUT2D eigenvalue weighted by Crippen LogP contribution is -2.37. The molecule has 1 saturated heterocycles. The normalized spacial score (nSPS) is 22.2. The molecule has 1 fully saturated rings. The molecule has 110 valence electrons. The van der Waals surface area contributed by atoms with Crippen LogP contribution in [0.4, 0.5) is 5.69 Å². The zero-order chi connectivity index (χ0) is 14.8. The molecule has 20 heavy (non-hydrogen) atoms. The van der Waals surface area contributed by atoms with Crippen LogP contribution in [0.15, 0.2) is 18.2 Å². The van der Waals surface area contributed by atoms with E-state index in [2.05, 4.69) is 23.2 Å². The van der Waals surface area contributed by atoms with Gasteiger partial charge in [-0.05, 0) is 32.0 Å². The SMILES string of the molecule is CCNCc1c(Cl)cccc1N1CCC(C)(C(N)=O)C1. The Morgan fingerprint density at radius 3 is 2.90 bits per heavy atom. The molecule has 3 N–H and O–H groups in total. The third kappa shape index (κ3) is 2.91. The molecule has 1 aliphatic rings. The molecule has 0 spiro atoms. The summed E-state index contributed by atoms with van der Waals surface area (Å²) in [6.45, 7) is 7.11. The summed E-state index contributed by atoms with van der Waals surface area (Å²) in [6, 6.07) is 5.92. The van der Waals surface area contributed by atoms with Crippen molar-refractivity contribution in [1.82, 2.24) is 5.32 Å². The van der Waals surface area contributed by atoms with Gasteiger partial charge in [0.1, 0.15) is 0 Å². The number of amides is 1. The molecule has 2 rings (SSSR count). The second-order valence-corrected chi connectivity index (χ2v) is 6.02. The zero-order valence-corrected chi connectivity index (χ0v) is 12.8. The van der Waals surface area contributed by atoms with Gasteiger partial charge in [-0.3, -0.25) is 4.79 Å². The summed E-state index contributed by atoms with van der Waals surface area (Å²) in [5, 5.41) is 4.07. The summed E-state index contributed by atoms with van der Waals surface area (Å²) in [5.74, 6) is -0.227. The average molecular weight is 296 g/mol. The van der Waals surface area contributed by atoms with Crippen molar-refractivity contribution in [3.05, 3.63) is 28.8 Å². The molecule has 4 nitrogen and oxygen atoms in total. The van der Waals surface area contributed by atoms with E-state index in [-0.39, 0.29) is 5.91 Å². The number of primary amides is 1. The van der Waals surface area contributed by atoms with Gasteiger partial charge in [0.2, 0.25) is 5.91 Å². The number of carbonyl (C=O) groups excluding carboxylic acids is 1. The lowest BCUT2D eigenvalue weighted by Gasteiger charge is -2.25. The van der Waals surface area contributed by atoms with Crippen molar-refractivity contribution in [2.45, 2.75) is 26.8 Å². The number of nitrogens with two attached hydrogens (primary N) is 1. The Morgan fingerprint density at radius 2 is 2.30 bits per heavy atom. The minimum atomic E-state index is -0.447. The van der Waals surface area contributed by atoms with Crippen molar-refractivity contribution in [3.63, 3.8) is 0 Å². The highest BCUT2D eigenvalue weighted by atomic mass is 35.5. The number of nitrogens with zero attached hydrogens (tertiary/aromatic N) is 1. The van der Waals surface area contributed by atoms with Crippen molar-refractivity contribution in [3.8, 4) is 0 Å². The fourth-order valence-electron chi connectivity index (χ4n) is 2.64. The highest BCUT2D eigenvalue weighted by Crippen LogP contribution is 2.36. The molecule has 1 aromatic rings. The Morgan fingerprint density at radius 1 is 1.55 bits per heavy atom. The second kappa shape index (κ2) is 6.02. The van der Waals surface area contributed by atoms with E-state index in [0.717, 1.165) is 42.3 Å². The molecule has 5 heteroatoms. The van der Waals surface area contributed by atoms with Crippen molar-refractivity contribution in [2.75, 3.05) is 24.5 Å². The van der Waals surface area contributed by atoms with Gasteiger partial charge in [0, 0.05) is 35.9 Å². The predicted octanol–water partition coefficient (Wildman–Crippen LogP) is 2.15. The van der Waals surface area contributed by atoms with Crippen molar-refractivity contribution >= 4 is 23.2 Å². The summed E-state index contributed by atoms with van der Waals surface area (Å²) in [6.07, 6.45) is 0.787. The number of nitrogens with one attached hydrogen (secondary N) is 1. The molecule has 0 aromatic heterocycles. The molecule has 1 atom stereocenters. The van der Waals surface area contributed by atoms with Crippen LogP contribution in [0.2, 0.25) is 5.02 Å². The average Bonchev–Trinajstić information content (AvgIpc) is 2.81. The highest BCUT2D eigenvalue weighted by molar-refractivity contribution is 6.31. The first-order valence-electron chi connectivity index (χ1n) is 7.01. The number of carbonyl (C=O) groups is 1. The van der Waals surface area contributed by atoms with Crippen LogP contribution in [-0.2, 0) is 11.3 Å². The Hall–Kier alpha value is -1.26. The van der Waals surface area contributed by atoms with Gasteiger partial charge in [-0.15, -0.1) is 0 Å². The number of hydrogen-bond donors (Lipinski definition) is 2. The van der Waals surface area contributed by atoms with E-state index >= 15 is 0 Å². The van der Waals surface area contributed by atoms with Crippen LogP contribution in [0.3, 0.4) is 0 Å². The number of hydrogen-bond acceptors (Lipinski definition) is 3. The molecule has 1 heterocycles. The molecule has 0 bridgehead atoms. The first-order valence-corrected chi connectivity index (χ1v) is 7.38. The Bertz CT molecular complexity index is 506. The standard InChI is InChI=1S/C15H22ClN3O/c1-3-18-9-11-12(16)5-4-6-13(11)19-8-7-15(2,10-19)14(17)20/h4-6,18H,3,7-10H2,1-2H3,(H2,17,20). The van der Waals surface area contributed by atoms with Crippen LogP contribution in [0.25, 0.3) is 0 Å². The fraction of sp³-hybridized carbons (Fsp3) is 0.533. The topological polar surface area (TPSA) is 58.4 Å². The minimum absolute atomic E-state index is 0.227. The van der Waals surface area contributed by atoms with Gasteiger partial charge in [-0.2, -0.15) is 0 Å². The molecular weight excluding hydrogens is 274 g/mol. The van der Waals surface area contributed by atoms with Crippen LogP contribution in [-0.4, -0.2) is 25.5 Å². The summed E-state index contributed by atoms with van der Waals surface area (Å²) < 4.78 is 0. The molecule has 1 amide bonds. The van der Waals surface area contributed by atoms with Crippen LogP contribution in [0.1, 0.15) is 25.8 Å². The molecule has 0 saturated carbocycles. The van der Waals surface area contributed by atoms with Crippen LogP contribution >= 0.6 is 11.6 Å². The highest BCUT2D eigenvalue weighted by Gasteiger charge is 2.39. The van der Waals surface area contributed by atoms with Crippen molar-refractivity contribution in [1.29, 1.82) is 0 Å². The zero-order valence-electron chi connectivity index (χ0n) is 12.1. The van der Waals surface area contributed by atoms with Crippen LogP contribution < -0.4 is 16.0 Å². The second-order valence-electron chi connectivity index (χ2n) is 5.61. The van der Waals surface area contributed by atoms with Crippen LogP contribution in [0, 0.1) is 5.41 Å². The lowest BCUT2D eigenvalue weighted by molar-refractivity contribution is -0.125. The van der Waals surface area contributed by atoms with E-state index in [4.69, 9.17) is 17.3 Å². The van der Waals surface area contributed by atoms with Crippen molar-refractivity contribution < 1.29 is 4.79 Å². The van der Waals surface area contributed by atoms with Gasteiger partial charge in [0.25, 0.3) is 0 Å². The minimum Gasteiger partial charge on any atom is -0.370 e. The van der Waals surface area contributed by atoms with E-state index < -0.39 is 5.41 Å². The van der Waals surface area contributed by atoms with Gasteiger partial charge in [-0.1, -0.05) is 24.6 Å². The molecule has 1 aliphatic heterocycles. The lowest BCUT2D eigenvalue weighted by atomic mass is 9.89. The summed E-state index contributed by atoms with van der Waals surface area (Å²) in [4.78, 5) is 13.8. The molecule has 0 radical (unpaired) electrons. The fourth-order valence-corrected chi connectivity index (χ4v) is 2.87. The maximum atomic E-state index is 11.6. The number of anilines is 1. The van der Waals surface area contributed by atoms with E-state index in [0.29, 0.717) is 6.54 Å². The monoisotopic (exact) mass is 295 g/mol. The number of rotatable bonds is 5. The summed E-state index contributed by atoms with van der Waals surface area (Å²) >= 11 is 6.32. The van der Waals surface area contributed by atoms with Gasteiger partial charge in [0.15, 0.2) is 0 Å². The van der Waals surface area contributed by atoms with Gasteiger partial charge in [0.05, 0.1) is 5.41 Å². The largest absolute Gasteiger partial charge is 0.370 e. The molecular formula is C15H22ClN3O. The predicted molar refractivity (Wildman–Crippen MR) is 83.0 cm³/mol. The van der Waals surface area contributed by atoms with Gasteiger partial charge >= 0.3 is 0 Å². The number of halogens is 1. The van der Waals surface area contributed by atoms with Gasteiger partial charge < -0.3 is 16.0 Å². The summed E-state index contributed by atoms with van der Waals surface area (Å²) in [7, 11) is 0.